The molecule has 122 valence electrons. The molecular weight excluding hydrogens is 294 g/mol. The van der Waals surface area contributed by atoms with Crippen LogP contribution in [-0.2, 0) is 13.1 Å². The Bertz CT molecular complexity index is 655. The van der Waals surface area contributed by atoms with E-state index in [4.69, 9.17) is 9.47 Å². The Morgan fingerprint density at radius 1 is 1.00 bits per heavy atom. The van der Waals surface area contributed by atoms with Crippen LogP contribution in [0.15, 0.2) is 42.5 Å². The molecule has 1 aliphatic rings. The minimum absolute atomic E-state index is 0.256. The lowest BCUT2D eigenvalue weighted by Crippen LogP contribution is -2.30. The maximum absolute atomic E-state index is 9.75. The van der Waals surface area contributed by atoms with Gasteiger partial charge in [0.25, 0.3) is 0 Å². The summed E-state index contributed by atoms with van der Waals surface area (Å²) < 4.78 is 10.7. The summed E-state index contributed by atoms with van der Waals surface area (Å²) in [6, 6.07) is 13.0. The first-order valence-electron chi connectivity index (χ1n) is 7.67. The van der Waals surface area contributed by atoms with Crippen LogP contribution in [0.4, 0.5) is 0 Å². The number of phenols is 1. The number of aromatic hydroxyl groups is 1. The highest BCUT2D eigenvalue weighted by molar-refractivity contribution is 5.44. The van der Waals surface area contributed by atoms with E-state index in [1.54, 1.807) is 19.1 Å². The number of benzene rings is 2. The van der Waals surface area contributed by atoms with Crippen molar-refractivity contribution < 1.29 is 19.7 Å². The van der Waals surface area contributed by atoms with E-state index in [2.05, 4.69) is 4.90 Å². The molecule has 1 atom stereocenters. The maximum Gasteiger partial charge on any atom is 0.231 e. The summed E-state index contributed by atoms with van der Waals surface area (Å²) in [4.78, 5) is 2.16. The molecule has 0 bridgehead atoms. The van der Waals surface area contributed by atoms with Crippen molar-refractivity contribution >= 4 is 0 Å². The summed E-state index contributed by atoms with van der Waals surface area (Å²) in [7, 11) is 0. The number of aliphatic hydroxyl groups excluding tert-OH is 1. The van der Waals surface area contributed by atoms with Gasteiger partial charge in [-0.15, -0.1) is 0 Å². The minimum atomic E-state index is -0.416. The Morgan fingerprint density at radius 3 is 2.39 bits per heavy atom. The van der Waals surface area contributed by atoms with Gasteiger partial charge in [0.05, 0.1) is 6.10 Å². The molecule has 2 N–H and O–H groups in total. The normalized spacial score (nSPS) is 14.2. The van der Waals surface area contributed by atoms with Gasteiger partial charge in [-0.3, -0.25) is 4.90 Å². The summed E-state index contributed by atoms with van der Waals surface area (Å²) in [5, 5.41) is 19.1. The summed E-state index contributed by atoms with van der Waals surface area (Å²) in [5.74, 6) is 1.80. The average molecular weight is 315 g/mol. The highest BCUT2D eigenvalue weighted by atomic mass is 16.7. The largest absolute Gasteiger partial charge is 0.508 e. The zero-order chi connectivity index (χ0) is 16.2. The van der Waals surface area contributed by atoms with Crippen molar-refractivity contribution in [3.05, 3.63) is 53.6 Å². The zero-order valence-electron chi connectivity index (χ0n) is 13.1. The molecule has 1 unspecified atom stereocenters. The highest BCUT2D eigenvalue weighted by Crippen LogP contribution is 2.32. The van der Waals surface area contributed by atoms with E-state index in [0.717, 1.165) is 22.6 Å². The Labute approximate surface area is 135 Å². The Balaban J connectivity index is 1.72. The number of rotatable bonds is 6. The van der Waals surface area contributed by atoms with Crippen LogP contribution in [0.3, 0.4) is 0 Å². The minimum Gasteiger partial charge on any atom is -0.508 e. The quantitative estimate of drug-likeness (QED) is 0.857. The molecule has 0 spiro atoms. The average Bonchev–Trinajstić information content (AvgIpc) is 2.96. The van der Waals surface area contributed by atoms with Crippen LogP contribution in [0, 0.1) is 0 Å². The van der Waals surface area contributed by atoms with Crippen LogP contribution in [-0.4, -0.2) is 34.6 Å². The lowest BCUT2D eigenvalue weighted by Gasteiger charge is -2.24. The Kier molecular flexibility index (Phi) is 4.69. The fraction of sp³-hybridized carbons (Fsp3) is 0.333. The molecule has 0 fully saturated rings. The van der Waals surface area contributed by atoms with Crippen molar-refractivity contribution in [2.45, 2.75) is 26.1 Å². The molecule has 0 aliphatic carbocycles. The highest BCUT2D eigenvalue weighted by Gasteiger charge is 2.15. The molecule has 2 aromatic carbocycles. The topological polar surface area (TPSA) is 62.2 Å². The van der Waals surface area contributed by atoms with Gasteiger partial charge in [0.2, 0.25) is 6.79 Å². The van der Waals surface area contributed by atoms with Crippen molar-refractivity contribution in [1.82, 2.24) is 4.90 Å². The van der Waals surface area contributed by atoms with Crippen LogP contribution in [0.5, 0.6) is 17.2 Å². The van der Waals surface area contributed by atoms with E-state index >= 15 is 0 Å². The first-order valence-corrected chi connectivity index (χ1v) is 7.67. The van der Waals surface area contributed by atoms with Crippen LogP contribution < -0.4 is 9.47 Å². The molecule has 0 saturated heterocycles. The monoisotopic (exact) mass is 315 g/mol. The van der Waals surface area contributed by atoms with E-state index in [-0.39, 0.29) is 12.5 Å². The predicted molar refractivity (Wildman–Crippen MR) is 86.5 cm³/mol. The van der Waals surface area contributed by atoms with Gasteiger partial charge in [-0.05, 0) is 42.3 Å². The first-order chi connectivity index (χ1) is 11.1. The number of hydrogen-bond donors (Lipinski definition) is 2. The fourth-order valence-electron chi connectivity index (χ4n) is 2.72. The molecule has 0 aromatic heterocycles. The SMILES string of the molecule is CC(O)CN(Cc1ccc(O)cc1)Cc1ccc2c(c1)OCO2. The van der Waals surface area contributed by atoms with Crippen molar-refractivity contribution in [2.24, 2.45) is 0 Å². The third-order valence-corrected chi connectivity index (χ3v) is 3.71. The molecule has 5 nitrogen and oxygen atoms in total. The molecule has 1 heterocycles. The van der Waals surface area contributed by atoms with E-state index in [0.29, 0.717) is 19.6 Å². The summed E-state index contributed by atoms with van der Waals surface area (Å²) >= 11 is 0. The van der Waals surface area contributed by atoms with Crippen molar-refractivity contribution in [1.29, 1.82) is 0 Å². The number of nitrogens with zero attached hydrogens (tertiary/aromatic N) is 1. The van der Waals surface area contributed by atoms with Crippen molar-refractivity contribution in [2.75, 3.05) is 13.3 Å². The van der Waals surface area contributed by atoms with Gasteiger partial charge in [0, 0.05) is 19.6 Å². The fourth-order valence-corrected chi connectivity index (χ4v) is 2.72. The van der Waals surface area contributed by atoms with E-state index in [1.807, 2.05) is 30.3 Å². The van der Waals surface area contributed by atoms with Crippen LogP contribution in [0.25, 0.3) is 0 Å². The molecule has 1 aliphatic heterocycles. The van der Waals surface area contributed by atoms with E-state index in [9.17, 15) is 10.2 Å². The Morgan fingerprint density at radius 2 is 1.65 bits per heavy atom. The van der Waals surface area contributed by atoms with Gasteiger partial charge in [-0.25, -0.2) is 0 Å². The van der Waals surface area contributed by atoms with Gasteiger partial charge in [0.15, 0.2) is 11.5 Å². The smallest absolute Gasteiger partial charge is 0.231 e. The summed E-state index contributed by atoms with van der Waals surface area (Å²) in [5.41, 5.74) is 2.19. The second-order valence-corrected chi connectivity index (χ2v) is 5.87. The second kappa shape index (κ2) is 6.89. The molecule has 3 rings (SSSR count). The lowest BCUT2D eigenvalue weighted by molar-refractivity contribution is 0.118. The molecular formula is C18H21NO4. The van der Waals surface area contributed by atoms with Gasteiger partial charge in [0.1, 0.15) is 5.75 Å². The molecule has 0 radical (unpaired) electrons. The summed E-state index contributed by atoms with van der Waals surface area (Å²) in [6.07, 6.45) is -0.416. The van der Waals surface area contributed by atoms with Gasteiger partial charge < -0.3 is 19.7 Å². The first kappa shape index (κ1) is 15.6. The van der Waals surface area contributed by atoms with Crippen LogP contribution >= 0.6 is 0 Å². The maximum atomic E-state index is 9.75. The van der Waals surface area contributed by atoms with Crippen molar-refractivity contribution in [3.8, 4) is 17.2 Å². The Hall–Kier alpha value is -2.24. The standard InChI is InChI=1S/C18H21NO4/c1-13(20)9-19(10-14-2-5-16(21)6-3-14)11-15-4-7-17-18(8-15)23-12-22-17/h2-8,13,20-21H,9-12H2,1H3. The number of fused-ring (bicyclic) bond motifs is 1. The number of hydrogen-bond acceptors (Lipinski definition) is 5. The number of aliphatic hydroxyl groups is 1. The van der Waals surface area contributed by atoms with Gasteiger partial charge in [-0.2, -0.15) is 0 Å². The van der Waals surface area contributed by atoms with E-state index in [1.165, 1.54) is 0 Å². The van der Waals surface area contributed by atoms with Crippen LogP contribution in [0.1, 0.15) is 18.1 Å². The molecule has 0 amide bonds. The molecule has 2 aromatic rings. The zero-order valence-corrected chi connectivity index (χ0v) is 13.1. The van der Waals surface area contributed by atoms with E-state index < -0.39 is 6.10 Å². The van der Waals surface area contributed by atoms with Gasteiger partial charge >= 0.3 is 0 Å². The molecule has 5 heteroatoms. The summed E-state index contributed by atoms with van der Waals surface area (Å²) in [6.45, 7) is 4.00. The lowest BCUT2D eigenvalue weighted by atomic mass is 10.1. The van der Waals surface area contributed by atoms with Crippen molar-refractivity contribution in [3.63, 3.8) is 0 Å². The predicted octanol–water partition coefficient (Wildman–Crippen LogP) is 2.50. The van der Waals surface area contributed by atoms with Gasteiger partial charge in [-0.1, -0.05) is 18.2 Å². The third kappa shape index (κ3) is 4.15. The number of phenolic OH excluding ortho intramolecular Hbond substituents is 1. The molecule has 23 heavy (non-hydrogen) atoms. The molecule has 0 saturated carbocycles. The second-order valence-electron chi connectivity index (χ2n) is 5.87. The third-order valence-electron chi connectivity index (χ3n) is 3.71. The number of ether oxygens (including phenoxy) is 2. The van der Waals surface area contributed by atoms with Crippen LogP contribution in [0.2, 0.25) is 0 Å².